The summed E-state index contributed by atoms with van der Waals surface area (Å²) in [4.78, 5) is 0. The average Bonchev–Trinajstić information content (AvgIpc) is 1.85. The quantitative estimate of drug-likeness (QED) is 0.572. The Hall–Kier alpha value is -0.560. The summed E-state index contributed by atoms with van der Waals surface area (Å²) >= 11 is 0. The molecule has 0 rings (SSSR count). The Balaban J connectivity index is 3.60. The van der Waals surface area contributed by atoms with Crippen molar-refractivity contribution in [3.63, 3.8) is 0 Å². The fourth-order valence-electron chi connectivity index (χ4n) is 0.629. The van der Waals surface area contributed by atoms with E-state index in [0.29, 0.717) is 0 Å². The number of hydrogen-bond donors (Lipinski definition) is 1. The molecule has 0 aromatic heterocycles. The van der Waals surface area contributed by atoms with E-state index >= 15 is 0 Å². The summed E-state index contributed by atoms with van der Waals surface area (Å²) in [6.07, 6.45) is 6.83. The van der Waals surface area contributed by atoms with E-state index in [4.69, 9.17) is 5.11 Å². The van der Waals surface area contributed by atoms with Gasteiger partial charge < -0.3 is 5.11 Å². The molecule has 9 heavy (non-hydrogen) atoms. The maximum Gasteiger partial charge on any atom is 0.0615 e. The fourth-order valence-corrected chi connectivity index (χ4v) is 0.629. The summed E-state index contributed by atoms with van der Waals surface area (Å²) in [6, 6.07) is 0. The molecule has 1 N–H and O–H groups in total. The maximum atomic E-state index is 8.37. The van der Waals surface area contributed by atoms with Gasteiger partial charge in [0.15, 0.2) is 0 Å². The highest BCUT2D eigenvalue weighted by Gasteiger charge is 1.76. The van der Waals surface area contributed by atoms with Crippen molar-refractivity contribution in [2.75, 3.05) is 6.61 Å². The van der Waals surface area contributed by atoms with Gasteiger partial charge >= 0.3 is 0 Å². The predicted molar refractivity (Wildman–Crippen MR) is 40.3 cm³/mol. The van der Waals surface area contributed by atoms with Crippen LogP contribution in [0.3, 0.4) is 0 Å². The lowest BCUT2D eigenvalue weighted by Crippen LogP contribution is -1.72. The zero-order valence-electron chi connectivity index (χ0n) is 6.09. The van der Waals surface area contributed by atoms with Gasteiger partial charge in [-0.2, -0.15) is 0 Å². The van der Waals surface area contributed by atoms with Gasteiger partial charge in [-0.25, -0.2) is 0 Å². The first kappa shape index (κ1) is 8.44. The molecular weight excluding hydrogens is 112 g/mol. The number of hydrogen-bond acceptors (Lipinski definition) is 1. The van der Waals surface area contributed by atoms with Crippen molar-refractivity contribution >= 4 is 0 Å². The summed E-state index contributed by atoms with van der Waals surface area (Å²) in [5, 5.41) is 8.37. The lowest BCUT2D eigenvalue weighted by Gasteiger charge is -1.87. The molecular formula is C8H14O. The molecule has 0 aliphatic rings. The summed E-state index contributed by atoms with van der Waals surface area (Å²) in [5.41, 5.74) is 1.21. The van der Waals surface area contributed by atoms with Crippen molar-refractivity contribution in [2.45, 2.75) is 20.3 Å². The zero-order valence-corrected chi connectivity index (χ0v) is 6.09. The van der Waals surface area contributed by atoms with E-state index in [1.54, 1.807) is 6.08 Å². The smallest absolute Gasteiger partial charge is 0.0615 e. The molecule has 0 saturated heterocycles. The highest BCUT2D eigenvalue weighted by atomic mass is 16.2. The van der Waals surface area contributed by atoms with E-state index in [9.17, 15) is 0 Å². The van der Waals surface area contributed by atoms with Crippen molar-refractivity contribution in [3.05, 3.63) is 23.8 Å². The summed E-state index contributed by atoms with van der Waals surface area (Å²) in [7, 11) is 0. The highest BCUT2D eigenvalue weighted by molar-refractivity contribution is 5.15. The van der Waals surface area contributed by atoms with Gasteiger partial charge in [0.1, 0.15) is 0 Å². The van der Waals surface area contributed by atoms with E-state index in [1.165, 1.54) is 5.57 Å². The van der Waals surface area contributed by atoms with Crippen LogP contribution < -0.4 is 0 Å². The molecule has 0 aromatic carbocycles. The van der Waals surface area contributed by atoms with Crippen LogP contribution in [-0.2, 0) is 0 Å². The van der Waals surface area contributed by atoms with Crippen molar-refractivity contribution < 1.29 is 5.11 Å². The standard InChI is InChI=1S/C8H14O/c1-3-5-8(2)6-4-7-9/h4-6,9H,3,7H2,1-2H3/b6-4+,8-5+. The Bertz CT molecular complexity index is 112. The number of allylic oxidation sites excluding steroid dienone is 3. The summed E-state index contributed by atoms with van der Waals surface area (Å²) in [5.74, 6) is 0. The first-order chi connectivity index (χ1) is 4.31. The number of rotatable bonds is 3. The molecule has 0 aliphatic heterocycles. The predicted octanol–water partition coefficient (Wildman–Crippen LogP) is 1.89. The minimum Gasteiger partial charge on any atom is -0.392 e. The van der Waals surface area contributed by atoms with Gasteiger partial charge in [0.05, 0.1) is 6.61 Å². The minimum absolute atomic E-state index is 0.134. The Morgan fingerprint density at radius 3 is 2.67 bits per heavy atom. The maximum absolute atomic E-state index is 8.37. The van der Waals surface area contributed by atoms with Crippen LogP contribution in [0.5, 0.6) is 0 Å². The van der Waals surface area contributed by atoms with Crippen LogP contribution in [0.1, 0.15) is 20.3 Å². The van der Waals surface area contributed by atoms with Crippen LogP contribution >= 0.6 is 0 Å². The molecule has 0 unspecified atom stereocenters. The molecule has 0 spiro atoms. The molecule has 0 amide bonds. The van der Waals surface area contributed by atoms with E-state index < -0.39 is 0 Å². The van der Waals surface area contributed by atoms with E-state index in [1.807, 2.05) is 13.0 Å². The highest BCUT2D eigenvalue weighted by Crippen LogP contribution is 1.95. The van der Waals surface area contributed by atoms with Crippen LogP contribution in [0.2, 0.25) is 0 Å². The van der Waals surface area contributed by atoms with Gasteiger partial charge in [-0.3, -0.25) is 0 Å². The molecule has 0 radical (unpaired) electrons. The SMILES string of the molecule is CC/C=C(C)/C=C/CO. The largest absolute Gasteiger partial charge is 0.392 e. The van der Waals surface area contributed by atoms with Crippen molar-refractivity contribution in [1.29, 1.82) is 0 Å². The molecule has 0 aliphatic carbocycles. The van der Waals surface area contributed by atoms with E-state index in [0.717, 1.165) is 6.42 Å². The second kappa shape index (κ2) is 5.57. The topological polar surface area (TPSA) is 20.2 Å². The zero-order chi connectivity index (χ0) is 7.11. The summed E-state index contributed by atoms with van der Waals surface area (Å²) < 4.78 is 0. The molecule has 0 bridgehead atoms. The van der Waals surface area contributed by atoms with Gasteiger partial charge in [0, 0.05) is 0 Å². The fraction of sp³-hybridized carbons (Fsp3) is 0.500. The molecule has 0 heterocycles. The van der Waals surface area contributed by atoms with Crippen molar-refractivity contribution in [3.8, 4) is 0 Å². The Morgan fingerprint density at radius 2 is 2.22 bits per heavy atom. The average molecular weight is 126 g/mol. The molecule has 0 atom stereocenters. The third kappa shape index (κ3) is 5.31. The minimum atomic E-state index is 0.134. The van der Waals surface area contributed by atoms with Crippen LogP contribution in [0.25, 0.3) is 0 Å². The molecule has 52 valence electrons. The number of aliphatic hydroxyl groups excluding tert-OH is 1. The van der Waals surface area contributed by atoms with E-state index in [2.05, 4.69) is 13.0 Å². The van der Waals surface area contributed by atoms with Crippen LogP contribution in [-0.4, -0.2) is 11.7 Å². The third-order valence-electron chi connectivity index (χ3n) is 1.01. The van der Waals surface area contributed by atoms with Crippen molar-refractivity contribution in [1.82, 2.24) is 0 Å². The number of aliphatic hydroxyl groups is 1. The van der Waals surface area contributed by atoms with Gasteiger partial charge in [-0.05, 0) is 13.3 Å². The monoisotopic (exact) mass is 126 g/mol. The lowest BCUT2D eigenvalue weighted by atomic mass is 10.2. The molecule has 0 fully saturated rings. The molecule has 1 heteroatoms. The second-order valence-electron chi connectivity index (χ2n) is 1.94. The van der Waals surface area contributed by atoms with Crippen molar-refractivity contribution in [2.24, 2.45) is 0 Å². The first-order valence-corrected chi connectivity index (χ1v) is 3.25. The second-order valence-corrected chi connectivity index (χ2v) is 1.94. The Morgan fingerprint density at radius 1 is 1.56 bits per heavy atom. The Labute approximate surface area is 56.7 Å². The molecule has 0 aromatic rings. The van der Waals surface area contributed by atoms with Gasteiger partial charge in [-0.1, -0.05) is 30.7 Å². The summed E-state index contributed by atoms with van der Waals surface area (Å²) in [6.45, 7) is 4.25. The van der Waals surface area contributed by atoms with Gasteiger partial charge in [0.25, 0.3) is 0 Å². The van der Waals surface area contributed by atoms with Crippen LogP contribution in [0.4, 0.5) is 0 Å². The van der Waals surface area contributed by atoms with Gasteiger partial charge in [0.2, 0.25) is 0 Å². The van der Waals surface area contributed by atoms with Gasteiger partial charge in [-0.15, -0.1) is 0 Å². The first-order valence-electron chi connectivity index (χ1n) is 3.25. The normalized spacial score (nSPS) is 13.0. The van der Waals surface area contributed by atoms with Crippen LogP contribution in [0, 0.1) is 0 Å². The Kier molecular flexibility index (Phi) is 5.23. The molecule has 1 nitrogen and oxygen atoms in total. The van der Waals surface area contributed by atoms with Crippen LogP contribution in [0.15, 0.2) is 23.8 Å². The lowest BCUT2D eigenvalue weighted by molar-refractivity contribution is 0.342. The molecule has 0 saturated carbocycles. The third-order valence-corrected chi connectivity index (χ3v) is 1.01. The van der Waals surface area contributed by atoms with E-state index in [-0.39, 0.29) is 6.61 Å².